The topological polar surface area (TPSA) is 117 Å². The molecule has 1 amide bonds. The summed E-state index contributed by atoms with van der Waals surface area (Å²) in [5.74, 6) is -1.32. The summed E-state index contributed by atoms with van der Waals surface area (Å²) in [4.78, 5) is 13.5. The average Bonchev–Trinajstić information content (AvgIpc) is 2.87. The van der Waals surface area contributed by atoms with Crippen molar-refractivity contribution in [2.24, 2.45) is 5.41 Å². The number of rotatable bonds is 12. The van der Waals surface area contributed by atoms with Crippen LogP contribution in [0.1, 0.15) is 62.9 Å². The Morgan fingerprint density at radius 2 is 1.87 bits per heavy atom. The molecule has 2 aromatic carbocycles. The van der Waals surface area contributed by atoms with Gasteiger partial charge in [-0.25, -0.2) is 4.39 Å². The molecular weight excluding hydrogens is 519 g/mol. The molecule has 218 valence electrons. The Morgan fingerprint density at radius 1 is 1.15 bits per heavy atom. The Labute approximate surface area is 233 Å². The van der Waals surface area contributed by atoms with Gasteiger partial charge in [-0.2, -0.15) is 0 Å². The molecule has 8 nitrogen and oxygen atoms in total. The minimum atomic E-state index is -3.19. The van der Waals surface area contributed by atoms with Crippen LogP contribution >= 0.6 is 10.8 Å². The van der Waals surface area contributed by atoms with Gasteiger partial charge in [-0.3, -0.25) is 18.2 Å². The maximum Gasteiger partial charge on any atom is 0.254 e. The Kier molecular flexibility index (Phi) is 11.0. The summed E-state index contributed by atoms with van der Waals surface area (Å²) in [7, 11) is -3.19. The number of anilines is 2. The van der Waals surface area contributed by atoms with Gasteiger partial charge in [0.05, 0.1) is 29.1 Å². The normalized spacial score (nSPS) is 17.8. The molecule has 1 fully saturated rings. The molecule has 1 aliphatic rings. The lowest BCUT2D eigenvalue weighted by atomic mass is 9.92. The first-order valence-electron chi connectivity index (χ1n) is 13.8. The van der Waals surface area contributed by atoms with Gasteiger partial charge in [-0.1, -0.05) is 51.1 Å². The van der Waals surface area contributed by atoms with E-state index in [1.165, 1.54) is 16.4 Å². The molecule has 0 aromatic heterocycles. The van der Waals surface area contributed by atoms with Gasteiger partial charge >= 0.3 is 0 Å². The van der Waals surface area contributed by atoms with E-state index in [9.17, 15) is 19.0 Å². The van der Waals surface area contributed by atoms with Crippen molar-refractivity contribution in [1.82, 2.24) is 10.6 Å². The van der Waals surface area contributed by atoms with Gasteiger partial charge in [0.1, 0.15) is 0 Å². The Morgan fingerprint density at radius 3 is 2.51 bits per heavy atom. The molecule has 39 heavy (non-hydrogen) atoms. The van der Waals surface area contributed by atoms with Crippen molar-refractivity contribution in [3.63, 3.8) is 0 Å². The molecule has 1 aliphatic heterocycles. The van der Waals surface area contributed by atoms with Crippen LogP contribution in [0.25, 0.3) is 0 Å². The maximum absolute atomic E-state index is 15.9. The van der Waals surface area contributed by atoms with Gasteiger partial charge in [0.2, 0.25) is 0 Å². The molecule has 2 aromatic rings. The van der Waals surface area contributed by atoms with Crippen molar-refractivity contribution in [1.29, 1.82) is 0 Å². The van der Waals surface area contributed by atoms with Crippen LogP contribution in [0, 0.1) is 11.2 Å². The monoisotopic (exact) mass is 564 g/mol. The van der Waals surface area contributed by atoms with Crippen molar-refractivity contribution in [2.45, 2.75) is 65.5 Å². The zero-order valence-corrected chi connectivity index (χ0v) is 24.4. The number of hydrogen-bond donors (Lipinski definition) is 6. The van der Waals surface area contributed by atoms with Gasteiger partial charge in [0.25, 0.3) is 5.91 Å². The number of hydrogen-bond acceptors (Lipinski definition) is 7. The zero-order valence-electron chi connectivity index (χ0n) is 23.5. The minimum absolute atomic E-state index is 0.0118. The summed E-state index contributed by atoms with van der Waals surface area (Å²) in [6, 6.07) is 11.8. The molecule has 10 heteroatoms. The Hall–Kier alpha value is -2.37. The first-order chi connectivity index (χ1) is 18.4. The van der Waals surface area contributed by atoms with Gasteiger partial charge in [0, 0.05) is 25.3 Å². The first-order valence-corrected chi connectivity index (χ1v) is 15.4. The van der Waals surface area contributed by atoms with Crippen LogP contribution in [0.15, 0.2) is 42.5 Å². The van der Waals surface area contributed by atoms with Crippen molar-refractivity contribution in [3.05, 3.63) is 59.4 Å². The van der Waals surface area contributed by atoms with Crippen molar-refractivity contribution in [2.75, 3.05) is 41.6 Å². The van der Waals surface area contributed by atoms with Crippen LogP contribution in [0.3, 0.4) is 0 Å². The van der Waals surface area contributed by atoms with E-state index >= 15 is 4.39 Å². The number of carbonyl (C=O) groups is 1. The highest BCUT2D eigenvalue weighted by molar-refractivity contribution is 8.25. The molecule has 0 aliphatic carbocycles. The van der Waals surface area contributed by atoms with E-state index in [0.717, 1.165) is 18.5 Å². The molecule has 1 heterocycles. The molecule has 0 spiro atoms. The predicted molar refractivity (Wildman–Crippen MR) is 159 cm³/mol. The standard InChI is InChI=1S/C29H45FN4O4S/c1-5-32-22-18-23(27(30)25(19-22)34-15-9-10-16-39(34,37)38)28(36)33-24(17-21-11-7-6-8-12-21)26(35)20-31-14-13-29(2,3)4/h6-8,11-12,18-19,24,26,31-32,35,37-38H,5,9-10,13-17,20H2,1-4H3,(H,33,36)/t24-,26-/m0/s1. The Balaban J connectivity index is 1.86. The SMILES string of the molecule is CCNc1cc(C(=O)N[C@@H](Cc2ccccc2)[C@@H](O)CNCCC(C)(C)C)c(F)c(N2CCCCS2(O)O)c1. The molecule has 0 unspecified atom stereocenters. The molecule has 0 radical (unpaired) electrons. The highest BCUT2D eigenvalue weighted by atomic mass is 32.3. The number of aliphatic hydroxyl groups is 1. The minimum Gasteiger partial charge on any atom is -0.390 e. The molecule has 0 bridgehead atoms. The summed E-state index contributed by atoms with van der Waals surface area (Å²) in [5, 5.41) is 20.3. The van der Waals surface area contributed by atoms with E-state index in [2.05, 4.69) is 36.7 Å². The number of aliphatic hydroxyl groups excluding tert-OH is 1. The lowest BCUT2D eigenvalue weighted by Gasteiger charge is -2.47. The predicted octanol–water partition coefficient (Wildman–Crippen LogP) is 5.25. The van der Waals surface area contributed by atoms with Crippen LogP contribution < -0.4 is 20.3 Å². The van der Waals surface area contributed by atoms with Crippen LogP contribution in [-0.2, 0) is 6.42 Å². The fourth-order valence-corrected chi connectivity index (χ4v) is 6.28. The van der Waals surface area contributed by atoms with Crippen molar-refractivity contribution in [3.8, 4) is 0 Å². The summed E-state index contributed by atoms with van der Waals surface area (Å²) >= 11 is 0. The van der Waals surface area contributed by atoms with E-state index in [0.29, 0.717) is 31.5 Å². The molecule has 0 saturated carbocycles. The van der Waals surface area contributed by atoms with E-state index < -0.39 is 34.6 Å². The fraction of sp³-hybridized carbons (Fsp3) is 0.552. The van der Waals surface area contributed by atoms with Crippen LogP contribution in [0.4, 0.5) is 15.8 Å². The number of nitrogens with zero attached hydrogens (tertiary/aromatic N) is 1. The third kappa shape index (κ3) is 9.08. The molecule has 2 atom stereocenters. The van der Waals surface area contributed by atoms with Crippen LogP contribution in [-0.4, -0.2) is 64.2 Å². The second kappa shape index (κ2) is 13.8. The lowest BCUT2D eigenvalue weighted by molar-refractivity contribution is 0.0826. The second-order valence-corrected chi connectivity index (χ2v) is 13.5. The summed E-state index contributed by atoms with van der Waals surface area (Å²) in [5.41, 5.74) is 1.36. The largest absolute Gasteiger partial charge is 0.390 e. The molecule has 3 rings (SSSR count). The molecule has 6 N–H and O–H groups in total. The second-order valence-electron chi connectivity index (χ2n) is 11.4. The number of carbonyl (C=O) groups excluding carboxylic acids is 1. The number of amides is 1. The van der Waals surface area contributed by atoms with E-state index in [1.807, 2.05) is 37.3 Å². The van der Waals surface area contributed by atoms with Crippen LogP contribution in [0.2, 0.25) is 0 Å². The zero-order chi connectivity index (χ0) is 28.6. The van der Waals surface area contributed by atoms with E-state index in [-0.39, 0.29) is 35.5 Å². The highest BCUT2D eigenvalue weighted by Gasteiger charge is 2.32. The smallest absolute Gasteiger partial charge is 0.254 e. The van der Waals surface area contributed by atoms with Gasteiger partial charge in [0.15, 0.2) is 5.82 Å². The average molecular weight is 565 g/mol. The van der Waals surface area contributed by atoms with Gasteiger partial charge in [-0.05, 0) is 62.3 Å². The third-order valence-electron chi connectivity index (χ3n) is 6.81. The number of benzene rings is 2. The number of nitrogens with one attached hydrogen (secondary N) is 3. The van der Waals surface area contributed by atoms with Crippen LogP contribution in [0.5, 0.6) is 0 Å². The van der Waals surface area contributed by atoms with Crippen molar-refractivity contribution < 1.29 is 23.4 Å². The quantitative estimate of drug-likeness (QED) is 0.195. The third-order valence-corrected chi connectivity index (χ3v) is 8.74. The summed E-state index contributed by atoms with van der Waals surface area (Å²) < 4.78 is 38.5. The first kappa shape index (κ1) is 31.2. The molecule has 1 saturated heterocycles. The van der Waals surface area contributed by atoms with Crippen molar-refractivity contribution >= 4 is 28.1 Å². The highest BCUT2D eigenvalue weighted by Crippen LogP contribution is 2.51. The van der Waals surface area contributed by atoms with E-state index in [4.69, 9.17) is 0 Å². The van der Waals surface area contributed by atoms with Gasteiger partial charge < -0.3 is 21.1 Å². The molecular formula is C29H45FN4O4S. The summed E-state index contributed by atoms with van der Waals surface area (Å²) in [6.45, 7) is 10.1. The number of halogens is 1. The Bertz CT molecular complexity index is 1080. The fourth-order valence-electron chi connectivity index (χ4n) is 4.60. The maximum atomic E-state index is 15.9. The van der Waals surface area contributed by atoms with E-state index in [1.54, 1.807) is 0 Å². The van der Waals surface area contributed by atoms with Gasteiger partial charge in [-0.15, -0.1) is 10.8 Å². The lowest BCUT2D eigenvalue weighted by Crippen LogP contribution is -2.49. The summed E-state index contributed by atoms with van der Waals surface area (Å²) in [6.07, 6.45) is 1.71.